The van der Waals surface area contributed by atoms with Gasteiger partial charge in [-0.05, 0) is 121 Å². The highest BCUT2D eigenvalue weighted by atomic mass is 32.1. The van der Waals surface area contributed by atoms with Crippen molar-refractivity contribution in [3.05, 3.63) is 149 Å². The largest absolute Gasteiger partial charge is 0.497 e. The predicted octanol–water partition coefficient (Wildman–Crippen LogP) is 14.4. The maximum atomic E-state index is 15.7. The van der Waals surface area contributed by atoms with Crippen molar-refractivity contribution >= 4 is 53.0 Å². The lowest BCUT2D eigenvalue weighted by molar-refractivity contribution is -0.263. The van der Waals surface area contributed by atoms with Gasteiger partial charge in [0, 0.05) is 44.8 Å². The van der Waals surface area contributed by atoms with Gasteiger partial charge in [0.2, 0.25) is 0 Å². The molecule has 7 rings (SSSR count). The Bertz CT molecular complexity index is 2800. The average Bonchev–Trinajstić information content (AvgIpc) is 3.98. The van der Waals surface area contributed by atoms with Crippen LogP contribution in [0.2, 0.25) is 5.04 Å². The van der Waals surface area contributed by atoms with Crippen LogP contribution in [0.1, 0.15) is 69.5 Å². The van der Waals surface area contributed by atoms with Gasteiger partial charge in [0.1, 0.15) is 23.7 Å². The summed E-state index contributed by atoms with van der Waals surface area (Å²) < 4.78 is 137. The Morgan fingerprint density at radius 1 is 0.685 bits per heavy atom. The third-order valence-electron chi connectivity index (χ3n) is 12.5. The molecular formula is C56H60F7NO6S2Si. The first-order valence-electron chi connectivity index (χ1n) is 23.9. The van der Waals surface area contributed by atoms with E-state index >= 15 is 13.2 Å². The molecule has 0 radical (unpaired) electrons. The van der Waals surface area contributed by atoms with E-state index in [1.807, 2.05) is 118 Å². The molecule has 0 atom stereocenters. The topological polar surface area (TPSA) is 66.5 Å². The Morgan fingerprint density at radius 2 is 1.27 bits per heavy atom. The molecule has 0 bridgehead atoms. The second-order valence-corrected chi connectivity index (χ2v) is 26.4. The van der Waals surface area contributed by atoms with Crippen LogP contribution in [0.5, 0.6) is 11.5 Å². The number of nitrogens with zero attached hydrogens (tertiary/aromatic N) is 1. The van der Waals surface area contributed by atoms with Crippen LogP contribution in [0.4, 0.5) is 35.5 Å². The van der Waals surface area contributed by atoms with Gasteiger partial charge in [-0.3, -0.25) is 0 Å². The van der Waals surface area contributed by atoms with E-state index in [-0.39, 0.29) is 36.6 Å². The molecule has 0 N–H and O–H groups in total. The fourth-order valence-electron chi connectivity index (χ4n) is 8.97. The predicted molar refractivity (Wildman–Crippen MR) is 279 cm³/mol. The first kappa shape index (κ1) is 55.3. The van der Waals surface area contributed by atoms with Crippen LogP contribution in [0.25, 0.3) is 25.8 Å². The molecule has 0 fully saturated rings. The molecule has 0 saturated carbocycles. The Labute approximate surface area is 431 Å². The molecule has 6 aromatic rings. The summed E-state index contributed by atoms with van der Waals surface area (Å²) in [7, 11) is -1.63. The van der Waals surface area contributed by atoms with Crippen molar-refractivity contribution in [2.75, 3.05) is 40.0 Å². The van der Waals surface area contributed by atoms with Crippen molar-refractivity contribution in [1.29, 1.82) is 0 Å². The Balaban J connectivity index is 1.11. The van der Waals surface area contributed by atoms with E-state index in [1.54, 1.807) is 57.0 Å². The van der Waals surface area contributed by atoms with Crippen molar-refractivity contribution < 1.29 is 58.9 Å². The zero-order valence-corrected chi connectivity index (χ0v) is 44.7. The van der Waals surface area contributed by atoms with E-state index in [2.05, 4.69) is 0 Å². The molecule has 73 heavy (non-hydrogen) atoms. The molecule has 1 aliphatic carbocycles. The van der Waals surface area contributed by atoms with Crippen LogP contribution in [-0.4, -0.2) is 82.7 Å². The summed E-state index contributed by atoms with van der Waals surface area (Å²) >= 11 is 2.22. The van der Waals surface area contributed by atoms with Crippen LogP contribution in [0, 0.1) is 6.92 Å². The summed E-state index contributed by atoms with van der Waals surface area (Å²) in [6.07, 6.45) is -0.108. The van der Waals surface area contributed by atoms with Gasteiger partial charge in [-0.2, -0.15) is 26.3 Å². The molecule has 1 amide bonds. The molecule has 390 valence electrons. The number of methoxy groups -OCH3 is 1. The summed E-state index contributed by atoms with van der Waals surface area (Å²) in [4.78, 5) is 16.3. The van der Waals surface area contributed by atoms with Crippen LogP contribution < -0.4 is 19.8 Å². The van der Waals surface area contributed by atoms with Crippen molar-refractivity contribution in [3.63, 3.8) is 0 Å². The SMILES string of the molecule is COc1ccc(COCCCN(CCOc2ccc(-c3ccc(-c4sc(C)c(C5=C(F)C(F)(F)C(F)(F)C5(F)F)c4CCO[Si](c4ccccc4)(c4ccccc4)C(C)(C)C)s3)cc2)C(=O)OC(C)(C)C)cc1. The lowest BCUT2D eigenvalue weighted by Gasteiger charge is -2.43. The molecule has 7 nitrogen and oxygen atoms in total. The number of alkyl halides is 6. The molecule has 17 heteroatoms. The Kier molecular flexibility index (Phi) is 16.8. The number of hydrogen-bond acceptors (Lipinski definition) is 8. The van der Waals surface area contributed by atoms with Gasteiger partial charge in [-0.1, -0.05) is 93.6 Å². The van der Waals surface area contributed by atoms with E-state index < -0.39 is 59.8 Å². The normalized spacial score (nSPS) is 15.4. The number of benzene rings is 4. The lowest BCUT2D eigenvalue weighted by atomic mass is 9.94. The van der Waals surface area contributed by atoms with Crippen LogP contribution in [0.3, 0.4) is 0 Å². The summed E-state index contributed by atoms with van der Waals surface area (Å²) in [5.74, 6) is -18.8. The second-order valence-electron chi connectivity index (χ2n) is 19.8. The standard InChI is InChI=1S/C56H60F7NO6S2Si/c1-37-47(48-50(57)55(60,61)56(62,63)54(48,58)59)44(30-34-69-73(53(5,6)7,42-16-11-9-12-17-42)43-18-13-10-14-19-43)49(71-37)46-29-28-45(72-46)39-22-26-41(27-23-39)68-35-32-64(51(65)70-52(2,3)4)31-15-33-67-36-38-20-24-40(66-8)25-21-38/h9-14,16-29H,15,30-36H2,1-8H3. The third-order valence-corrected chi connectivity index (χ3v) is 20.0. The number of halogens is 7. The highest BCUT2D eigenvalue weighted by Crippen LogP contribution is 2.64. The van der Waals surface area contributed by atoms with Crippen LogP contribution in [-0.2, 0) is 26.9 Å². The van der Waals surface area contributed by atoms with Gasteiger partial charge < -0.3 is 28.3 Å². The van der Waals surface area contributed by atoms with Gasteiger partial charge in [-0.15, -0.1) is 22.7 Å². The molecule has 4 aromatic carbocycles. The number of allylic oxidation sites excluding steroid dienone is 2. The monoisotopic (exact) mass is 1070 g/mol. The van der Waals surface area contributed by atoms with E-state index in [0.717, 1.165) is 43.5 Å². The average molecular weight is 1070 g/mol. The molecule has 0 aliphatic heterocycles. The first-order valence-corrected chi connectivity index (χ1v) is 27.4. The number of rotatable bonds is 20. The molecule has 0 unspecified atom stereocenters. The highest BCUT2D eigenvalue weighted by Gasteiger charge is 2.81. The van der Waals surface area contributed by atoms with Crippen molar-refractivity contribution in [2.45, 2.75) is 96.3 Å². The molecular weight excluding hydrogens is 1010 g/mol. The fraction of sp³-hybridized carbons (Fsp3) is 0.375. The summed E-state index contributed by atoms with van der Waals surface area (Å²) in [5.41, 5.74) is -1.61. The number of carbonyl (C=O) groups is 1. The van der Waals surface area contributed by atoms with E-state index in [4.69, 9.17) is 23.4 Å². The highest BCUT2D eigenvalue weighted by molar-refractivity contribution is 7.24. The molecule has 0 spiro atoms. The van der Waals surface area contributed by atoms with Gasteiger partial charge >= 0.3 is 23.9 Å². The van der Waals surface area contributed by atoms with Crippen molar-refractivity contribution in [1.82, 2.24) is 4.90 Å². The fourth-order valence-corrected chi connectivity index (χ4v) is 15.9. The molecule has 0 saturated heterocycles. The number of aryl methyl sites for hydroxylation is 1. The summed E-state index contributed by atoms with van der Waals surface area (Å²) in [5, 5.41) is 1.35. The van der Waals surface area contributed by atoms with Crippen molar-refractivity contribution in [2.24, 2.45) is 0 Å². The maximum absolute atomic E-state index is 15.7. The minimum Gasteiger partial charge on any atom is -0.497 e. The van der Waals surface area contributed by atoms with Crippen molar-refractivity contribution in [3.8, 4) is 31.7 Å². The quantitative estimate of drug-likeness (QED) is 0.0431. The molecule has 1 aliphatic rings. The number of hydrogen-bond donors (Lipinski definition) is 0. The van der Waals surface area contributed by atoms with Gasteiger partial charge in [0.15, 0.2) is 5.83 Å². The zero-order chi connectivity index (χ0) is 53.0. The van der Waals surface area contributed by atoms with E-state index in [1.165, 1.54) is 18.3 Å². The maximum Gasteiger partial charge on any atom is 0.410 e. The lowest BCUT2D eigenvalue weighted by Crippen LogP contribution is -2.66. The van der Waals surface area contributed by atoms with E-state index in [9.17, 15) is 22.4 Å². The summed E-state index contributed by atoms with van der Waals surface area (Å²) in [6.45, 7) is 14.3. The minimum atomic E-state index is -6.01. The minimum absolute atomic E-state index is 0.0115. The summed E-state index contributed by atoms with van der Waals surface area (Å²) in [6, 6.07) is 37.5. The number of thiophene rings is 2. The van der Waals surface area contributed by atoms with E-state index in [0.29, 0.717) is 41.7 Å². The number of carbonyl (C=O) groups excluding carboxylic acids is 1. The Morgan fingerprint density at radius 3 is 1.82 bits per heavy atom. The Hall–Kier alpha value is -5.46. The first-order chi connectivity index (χ1) is 34.4. The van der Waals surface area contributed by atoms with Crippen LogP contribution in [0.15, 0.2) is 127 Å². The molecule has 2 heterocycles. The smallest absolute Gasteiger partial charge is 0.410 e. The van der Waals surface area contributed by atoms with Gasteiger partial charge in [0.25, 0.3) is 8.32 Å². The van der Waals surface area contributed by atoms with Gasteiger partial charge in [-0.25, -0.2) is 9.18 Å². The number of ether oxygens (including phenoxy) is 4. The van der Waals surface area contributed by atoms with Gasteiger partial charge in [0.05, 0.1) is 25.8 Å². The van der Waals surface area contributed by atoms with Crippen LogP contribution >= 0.6 is 22.7 Å². The second kappa shape index (κ2) is 22.2. The molecule has 2 aromatic heterocycles. The number of amides is 1. The zero-order valence-electron chi connectivity index (χ0n) is 42.1. The third kappa shape index (κ3) is 11.6.